The van der Waals surface area contributed by atoms with Gasteiger partial charge in [0.05, 0.1) is 5.02 Å². The van der Waals surface area contributed by atoms with E-state index in [1.165, 1.54) is 33.3 Å². The molecule has 0 radical (unpaired) electrons. The number of aromatic nitrogens is 3. The zero-order valence-electron chi connectivity index (χ0n) is 12.9. The number of ether oxygens (including phenoxy) is 1. The smallest absolute Gasteiger partial charge is 0.350 e. The summed E-state index contributed by atoms with van der Waals surface area (Å²) < 4.78 is 7.44. The zero-order valence-corrected chi connectivity index (χ0v) is 15.2. The first kappa shape index (κ1) is 16.2. The first-order chi connectivity index (χ1) is 12.0. The summed E-state index contributed by atoms with van der Waals surface area (Å²) in [7, 11) is 0. The first-order valence-electron chi connectivity index (χ1n) is 7.23. The molecule has 6 nitrogen and oxygen atoms in total. The van der Waals surface area contributed by atoms with Crippen LogP contribution in [-0.4, -0.2) is 20.6 Å². The third-order valence-corrected chi connectivity index (χ3v) is 6.00. The van der Waals surface area contributed by atoms with Gasteiger partial charge >= 0.3 is 5.97 Å². The van der Waals surface area contributed by atoms with Crippen LogP contribution < -0.4 is 5.56 Å². The van der Waals surface area contributed by atoms with Gasteiger partial charge in [-0.2, -0.15) is 9.61 Å². The molecule has 126 valence electrons. The van der Waals surface area contributed by atoms with Crippen LogP contribution in [-0.2, 0) is 11.3 Å². The Morgan fingerprint density at radius 3 is 2.92 bits per heavy atom. The summed E-state index contributed by atoms with van der Waals surface area (Å²) in [6.07, 6.45) is 0. The van der Waals surface area contributed by atoms with Crippen molar-refractivity contribution in [2.45, 2.75) is 13.5 Å². The molecule has 0 aliphatic heterocycles. The Kier molecular flexibility index (Phi) is 4.03. The van der Waals surface area contributed by atoms with Crippen LogP contribution >= 0.6 is 34.3 Å². The molecule has 3 aromatic heterocycles. The fourth-order valence-electron chi connectivity index (χ4n) is 2.36. The molecule has 3 heterocycles. The van der Waals surface area contributed by atoms with E-state index in [0.717, 1.165) is 10.1 Å². The highest BCUT2D eigenvalue weighted by Gasteiger charge is 2.19. The van der Waals surface area contributed by atoms with Gasteiger partial charge in [-0.3, -0.25) is 4.79 Å². The van der Waals surface area contributed by atoms with Crippen molar-refractivity contribution in [3.05, 3.63) is 61.3 Å². The summed E-state index contributed by atoms with van der Waals surface area (Å²) in [6, 6.07) is 8.91. The maximum Gasteiger partial charge on any atom is 0.350 e. The van der Waals surface area contributed by atoms with E-state index in [4.69, 9.17) is 16.3 Å². The standard InChI is InChI=1S/C16H10ClN3O3S2/c1-8-6-12(21)20-16(18-8)25-11(19-20)7-23-15(22)14-13(17)9-4-2-3-5-10(9)24-14/h2-6H,7H2,1H3. The second-order valence-electron chi connectivity index (χ2n) is 5.24. The largest absolute Gasteiger partial charge is 0.454 e. The predicted molar refractivity (Wildman–Crippen MR) is 97.8 cm³/mol. The van der Waals surface area contributed by atoms with E-state index in [9.17, 15) is 9.59 Å². The van der Waals surface area contributed by atoms with Gasteiger partial charge in [-0.05, 0) is 13.0 Å². The van der Waals surface area contributed by atoms with Crippen LogP contribution in [0.4, 0.5) is 0 Å². The Morgan fingerprint density at radius 1 is 1.32 bits per heavy atom. The van der Waals surface area contributed by atoms with Crippen molar-refractivity contribution >= 4 is 55.3 Å². The van der Waals surface area contributed by atoms with Gasteiger partial charge in [0, 0.05) is 21.8 Å². The molecule has 0 fully saturated rings. The van der Waals surface area contributed by atoms with Gasteiger partial charge in [0.1, 0.15) is 11.5 Å². The summed E-state index contributed by atoms with van der Waals surface area (Å²) in [5.74, 6) is -0.512. The number of esters is 1. The molecule has 0 aliphatic rings. The molecule has 0 saturated carbocycles. The minimum absolute atomic E-state index is 0.0457. The highest BCUT2D eigenvalue weighted by Crippen LogP contribution is 2.35. The molecule has 25 heavy (non-hydrogen) atoms. The van der Waals surface area contributed by atoms with Crippen LogP contribution in [0.5, 0.6) is 0 Å². The summed E-state index contributed by atoms with van der Waals surface area (Å²) in [4.78, 5) is 29.3. The fraction of sp³-hybridized carbons (Fsp3) is 0.125. The predicted octanol–water partition coefficient (Wildman–Crippen LogP) is 3.68. The number of carbonyl (C=O) groups excluding carboxylic acids is 1. The topological polar surface area (TPSA) is 73.6 Å². The fourth-order valence-corrected chi connectivity index (χ4v) is 4.62. The van der Waals surface area contributed by atoms with Gasteiger partial charge in [-0.1, -0.05) is 41.1 Å². The number of hydrogen-bond donors (Lipinski definition) is 0. The van der Waals surface area contributed by atoms with E-state index in [2.05, 4.69) is 10.1 Å². The molecule has 9 heteroatoms. The Labute approximate surface area is 154 Å². The van der Waals surface area contributed by atoms with Crippen LogP contribution in [0, 0.1) is 6.92 Å². The number of fused-ring (bicyclic) bond motifs is 2. The van der Waals surface area contributed by atoms with Crippen LogP contribution in [0.2, 0.25) is 5.02 Å². The average Bonchev–Trinajstić information content (AvgIpc) is 3.14. The molecular weight excluding hydrogens is 382 g/mol. The monoisotopic (exact) mass is 391 g/mol. The quantitative estimate of drug-likeness (QED) is 0.498. The highest BCUT2D eigenvalue weighted by atomic mass is 35.5. The molecule has 0 atom stereocenters. The lowest BCUT2D eigenvalue weighted by Gasteiger charge is -2.00. The minimum Gasteiger partial charge on any atom is -0.454 e. The van der Waals surface area contributed by atoms with E-state index >= 15 is 0 Å². The number of aryl methyl sites for hydroxylation is 1. The van der Waals surface area contributed by atoms with E-state index in [0.29, 0.717) is 25.6 Å². The van der Waals surface area contributed by atoms with E-state index in [1.54, 1.807) is 6.92 Å². The number of thiophene rings is 1. The molecular formula is C16H10ClN3O3S2. The van der Waals surface area contributed by atoms with Gasteiger partial charge in [0.15, 0.2) is 5.01 Å². The Bertz CT molecular complexity index is 1180. The van der Waals surface area contributed by atoms with Crippen LogP contribution in [0.15, 0.2) is 35.1 Å². The molecule has 0 bridgehead atoms. The number of hydrogen-bond acceptors (Lipinski definition) is 7. The number of benzene rings is 1. The second-order valence-corrected chi connectivity index (χ2v) is 7.71. The first-order valence-corrected chi connectivity index (χ1v) is 9.24. The van der Waals surface area contributed by atoms with Crippen LogP contribution in [0.1, 0.15) is 20.4 Å². The summed E-state index contributed by atoms with van der Waals surface area (Å²) in [5.41, 5.74) is 0.359. The summed E-state index contributed by atoms with van der Waals surface area (Å²) in [5, 5.41) is 5.84. The van der Waals surface area contributed by atoms with Crippen molar-refractivity contribution in [2.75, 3.05) is 0 Å². The second kappa shape index (κ2) is 6.21. The SMILES string of the molecule is Cc1cc(=O)n2nc(COC(=O)c3sc4ccccc4c3Cl)sc2n1. The zero-order chi connectivity index (χ0) is 17.6. The van der Waals surface area contributed by atoms with Gasteiger partial charge in [-0.15, -0.1) is 11.3 Å². The third kappa shape index (κ3) is 2.92. The molecule has 0 N–H and O–H groups in total. The van der Waals surface area contributed by atoms with Crippen molar-refractivity contribution in [3.8, 4) is 0 Å². The van der Waals surface area contributed by atoms with Crippen molar-refractivity contribution in [3.63, 3.8) is 0 Å². The number of rotatable bonds is 3. The minimum atomic E-state index is -0.512. The molecule has 4 rings (SSSR count). The van der Waals surface area contributed by atoms with E-state index in [1.807, 2.05) is 24.3 Å². The third-order valence-electron chi connectivity index (χ3n) is 3.46. The maximum atomic E-state index is 12.3. The Morgan fingerprint density at radius 2 is 2.12 bits per heavy atom. The summed E-state index contributed by atoms with van der Waals surface area (Å²) in [6.45, 7) is 1.69. The molecule has 0 amide bonds. The van der Waals surface area contributed by atoms with Crippen LogP contribution in [0.3, 0.4) is 0 Å². The lowest BCUT2D eigenvalue weighted by atomic mass is 10.2. The lowest BCUT2D eigenvalue weighted by molar-refractivity contribution is 0.0477. The number of carbonyl (C=O) groups is 1. The molecule has 0 unspecified atom stereocenters. The van der Waals surface area contributed by atoms with Crippen LogP contribution in [0.25, 0.3) is 15.0 Å². The highest BCUT2D eigenvalue weighted by molar-refractivity contribution is 7.21. The van der Waals surface area contributed by atoms with E-state index < -0.39 is 5.97 Å². The average molecular weight is 392 g/mol. The van der Waals surface area contributed by atoms with E-state index in [-0.39, 0.29) is 12.2 Å². The van der Waals surface area contributed by atoms with Gasteiger partial charge in [-0.25, -0.2) is 9.78 Å². The van der Waals surface area contributed by atoms with Crippen molar-refractivity contribution in [2.24, 2.45) is 0 Å². The van der Waals surface area contributed by atoms with Crippen molar-refractivity contribution in [1.82, 2.24) is 14.6 Å². The normalized spacial score (nSPS) is 11.3. The summed E-state index contributed by atoms with van der Waals surface area (Å²) >= 11 is 8.77. The molecule has 4 aromatic rings. The Hall–Kier alpha value is -2.29. The number of halogens is 1. The van der Waals surface area contributed by atoms with Gasteiger partial charge < -0.3 is 4.74 Å². The molecule has 0 saturated heterocycles. The van der Waals surface area contributed by atoms with Gasteiger partial charge in [0.2, 0.25) is 4.96 Å². The molecule has 0 aliphatic carbocycles. The molecule has 0 spiro atoms. The maximum absolute atomic E-state index is 12.3. The lowest BCUT2D eigenvalue weighted by Crippen LogP contribution is -2.14. The molecule has 1 aromatic carbocycles. The Balaban J connectivity index is 1.58. The number of nitrogens with zero attached hydrogens (tertiary/aromatic N) is 3. The van der Waals surface area contributed by atoms with Crippen molar-refractivity contribution < 1.29 is 9.53 Å². The van der Waals surface area contributed by atoms with Crippen molar-refractivity contribution in [1.29, 1.82) is 0 Å². The van der Waals surface area contributed by atoms with Gasteiger partial charge in [0.25, 0.3) is 5.56 Å².